The van der Waals surface area contributed by atoms with Crippen LogP contribution in [0, 0.1) is 15.9 Å². The molecule has 7 nitrogen and oxygen atoms in total. The fraction of sp³-hybridized carbons (Fsp3) is 0.375. The highest BCUT2D eigenvalue weighted by molar-refractivity contribution is 6.31. The Kier molecular flexibility index (Phi) is 5.28. The molecule has 0 atom stereocenters. The number of hydrogen-bond donors (Lipinski definition) is 2. The minimum Gasteiger partial charge on any atom is -0.361 e. The topological polar surface area (TPSA) is 93.0 Å². The zero-order chi connectivity index (χ0) is 17.8. The maximum atomic E-state index is 13.3. The summed E-state index contributed by atoms with van der Waals surface area (Å²) >= 11 is 5.75. The first kappa shape index (κ1) is 17.3. The maximum absolute atomic E-state index is 13.3. The summed E-state index contributed by atoms with van der Waals surface area (Å²) < 4.78 is 13.3. The van der Waals surface area contributed by atoms with E-state index in [9.17, 15) is 14.5 Å². The Balaban J connectivity index is 1.88. The average Bonchev–Trinajstić information content (AvgIpc) is 2.59. The summed E-state index contributed by atoms with van der Waals surface area (Å²) in [5.41, 5.74) is 0.158. The number of rotatable bonds is 5. The molecule has 1 aromatic carbocycles. The molecule has 0 unspecified atom stereocenters. The van der Waals surface area contributed by atoms with Gasteiger partial charge in [-0.25, -0.2) is 14.4 Å². The van der Waals surface area contributed by atoms with Crippen molar-refractivity contribution in [3.63, 3.8) is 0 Å². The van der Waals surface area contributed by atoms with Gasteiger partial charge in [0.05, 0.1) is 9.95 Å². The monoisotopic (exact) mass is 365 g/mol. The third-order valence-electron chi connectivity index (χ3n) is 4.13. The van der Waals surface area contributed by atoms with Crippen LogP contribution in [0.15, 0.2) is 24.5 Å². The van der Waals surface area contributed by atoms with Crippen LogP contribution in [-0.2, 0) is 0 Å². The zero-order valence-electron chi connectivity index (χ0n) is 13.3. The van der Waals surface area contributed by atoms with Gasteiger partial charge in [-0.2, -0.15) is 0 Å². The second-order valence-corrected chi connectivity index (χ2v) is 6.32. The lowest BCUT2D eigenvalue weighted by Crippen LogP contribution is -2.23. The Hall–Kier alpha value is -2.48. The van der Waals surface area contributed by atoms with Gasteiger partial charge >= 0.3 is 5.69 Å². The van der Waals surface area contributed by atoms with Crippen LogP contribution in [0.4, 0.5) is 27.4 Å². The SMILES string of the molecule is O=[N+]([O-])c1c(Nc2ccc(F)c(Cl)c2)ncnc1NC1CCCCC1. The summed E-state index contributed by atoms with van der Waals surface area (Å²) in [6, 6.07) is 4.12. The van der Waals surface area contributed by atoms with Crippen LogP contribution in [0.1, 0.15) is 32.1 Å². The molecule has 1 heterocycles. The molecule has 0 saturated heterocycles. The highest BCUT2D eigenvalue weighted by Gasteiger charge is 2.25. The third-order valence-corrected chi connectivity index (χ3v) is 4.42. The molecular weight excluding hydrogens is 349 g/mol. The fourth-order valence-electron chi connectivity index (χ4n) is 2.90. The number of nitrogens with one attached hydrogen (secondary N) is 2. The number of hydrogen-bond acceptors (Lipinski definition) is 6. The molecule has 1 aromatic heterocycles. The van der Waals surface area contributed by atoms with Gasteiger partial charge < -0.3 is 10.6 Å². The molecule has 0 bridgehead atoms. The van der Waals surface area contributed by atoms with Crippen LogP contribution in [-0.4, -0.2) is 20.9 Å². The van der Waals surface area contributed by atoms with E-state index in [1.54, 1.807) is 0 Å². The summed E-state index contributed by atoms with van der Waals surface area (Å²) in [6.45, 7) is 0. The second-order valence-electron chi connectivity index (χ2n) is 5.91. The molecule has 1 saturated carbocycles. The largest absolute Gasteiger partial charge is 0.361 e. The summed E-state index contributed by atoms with van der Waals surface area (Å²) in [4.78, 5) is 19.0. The standard InChI is InChI=1S/C16H17ClFN5O2/c17-12-8-11(6-7-13(12)18)22-16-14(23(24)25)15(19-9-20-16)21-10-4-2-1-3-5-10/h6-10H,1-5H2,(H2,19,20,21,22). The maximum Gasteiger partial charge on any atom is 0.353 e. The number of halogens is 2. The molecule has 0 amide bonds. The minimum absolute atomic E-state index is 0.0287. The number of nitro groups is 1. The van der Waals surface area contributed by atoms with Gasteiger partial charge in [0.2, 0.25) is 11.6 Å². The molecule has 9 heteroatoms. The zero-order valence-corrected chi connectivity index (χ0v) is 14.1. The number of aromatic nitrogens is 2. The van der Waals surface area contributed by atoms with E-state index in [1.807, 2.05) is 0 Å². The second kappa shape index (κ2) is 7.60. The highest BCUT2D eigenvalue weighted by Crippen LogP contribution is 2.33. The van der Waals surface area contributed by atoms with E-state index in [0.29, 0.717) is 5.69 Å². The Morgan fingerprint density at radius 3 is 2.60 bits per heavy atom. The number of nitrogens with zero attached hydrogens (tertiary/aromatic N) is 3. The fourth-order valence-corrected chi connectivity index (χ4v) is 3.08. The van der Waals surface area contributed by atoms with Crippen molar-refractivity contribution in [1.82, 2.24) is 9.97 Å². The summed E-state index contributed by atoms with van der Waals surface area (Å²) in [6.07, 6.45) is 6.54. The van der Waals surface area contributed by atoms with Crippen LogP contribution >= 0.6 is 11.6 Å². The molecule has 3 rings (SSSR count). The molecule has 0 spiro atoms. The van der Waals surface area contributed by atoms with Gasteiger partial charge in [-0.1, -0.05) is 30.9 Å². The van der Waals surface area contributed by atoms with Crippen molar-refractivity contribution in [3.05, 3.63) is 45.5 Å². The summed E-state index contributed by atoms with van der Waals surface area (Å²) in [7, 11) is 0. The Morgan fingerprint density at radius 2 is 1.92 bits per heavy atom. The molecule has 132 valence electrons. The van der Waals surface area contributed by atoms with E-state index in [2.05, 4.69) is 20.6 Å². The number of anilines is 3. The molecule has 1 aliphatic rings. The smallest absolute Gasteiger partial charge is 0.353 e. The molecule has 0 radical (unpaired) electrons. The summed E-state index contributed by atoms with van der Waals surface area (Å²) in [5, 5.41) is 17.4. The van der Waals surface area contributed by atoms with Gasteiger partial charge in [-0.15, -0.1) is 0 Å². The lowest BCUT2D eigenvalue weighted by Gasteiger charge is -2.23. The van der Waals surface area contributed by atoms with Crippen LogP contribution < -0.4 is 10.6 Å². The predicted octanol–water partition coefficient (Wildman–Crippen LogP) is 4.67. The predicted molar refractivity (Wildman–Crippen MR) is 93.9 cm³/mol. The van der Waals surface area contributed by atoms with Gasteiger partial charge in [0.25, 0.3) is 0 Å². The van der Waals surface area contributed by atoms with Gasteiger partial charge in [0.15, 0.2) is 0 Å². The molecular formula is C16H17ClFN5O2. The van der Waals surface area contributed by atoms with Crippen molar-refractivity contribution >= 4 is 34.6 Å². The summed E-state index contributed by atoms with van der Waals surface area (Å²) in [5.74, 6) is -0.354. The van der Waals surface area contributed by atoms with Crippen LogP contribution in [0.3, 0.4) is 0 Å². The van der Waals surface area contributed by atoms with E-state index in [0.717, 1.165) is 25.7 Å². The Morgan fingerprint density at radius 1 is 1.20 bits per heavy atom. The first-order valence-electron chi connectivity index (χ1n) is 8.02. The van der Waals surface area contributed by atoms with Crippen molar-refractivity contribution in [2.75, 3.05) is 10.6 Å². The van der Waals surface area contributed by atoms with E-state index in [-0.39, 0.29) is 28.4 Å². The van der Waals surface area contributed by atoms with Crippen molar-refractivity contribution in [2.24, 2.45) is 0 Å². The van der Waals surface area contributed by atoms with Gasteiger partial charge in [0.1, 0.15) is 12.1 Å². The molecule has 1 aliphatic carbocycles. The van der Waals surface area contributed by atoms with Crippen molar-refractivity contribution in [3.8, 4) is 0 Å². The normalized spacial score (nSPS) is 15.0. The van der Waals surface area contributed by atoms with Crippen LogP contribution in [0.25, 0.3) is 0 Å². The van der Waals surface area contributed by atoms with Gasteiger partial charge in [0, 0.05) is 11.7 Å². The quantitative estimate of drug-likeness (QED) is 0.591. The highest BCUT2D eigenvalue weighted by atomic mass is 35.5. The van der Waals surface area contributed by atoms with Crippen LogP contribution in [0.2, 0.25) is 5.02 Å². The number of benzene rings is 1. The Bertz CT molecular complexity index is 783. The van der Waals surface area contributed by atoms with E-state index in [4.69, 9.17) is 11.6 Å². The average molecular weight is 366 g/mol. The lowest BCUT2D eigenvalue weighted by molar-refractivity contribution is -0.383. The Labute approximate surface area is 148 Å². The van der Waals surface area contributed by atoms with Gasteiger partial charge in [-0.05, 0) is 31.0 Å². The van der Waals surface area contributed by atoms with E-state index in [1.165, 1.54) is 30.9 Å². The minimum atomic E-state index is -0.566. The van der Waals surface area contributed by atoms with E-state index >= 15 is 0 Å². The lowest BCUT2D eigenvalue weighted by atomic mass is 9.95. The molecule has 2 aromatic rings. The van der Waals surface area contributed by atoms with Gasteiger partial charge in [-0.3, -0.25) is 10.1 Å². The van der Waals surface area contributed by atoms with E-state index < -0.39 is 10.7 Å². The van der Waals surface area contributed by atoms with Crippen molar-refractivity contribution < 1.29 is 9.31 Å². The van der Waals surface area contributed by atoms with Crippen molar-refractivity contribution in [1.29, 1.82) is 0 Å². The first-order chi connectivity index (χ1) is 12.0. The first-order valence-corrected chi connectivity index (χ1v) is 8.40. The molecule has 2 N–H and O–H groups in total. The van der Waals surface area contributed by atoms with Crippen LogP contribution in [0.5, 0.6) is 0 Å². The molecule has 25 heavy (non-hydrogen) atoms. The molecule has 1 fully saturated rings. The third kappa shape index (κ3) is 4.14. The molecule has 0 aliphatic heterocycles. The van der Waals surface area contributed by atoms with Crippen molar-refractivity contribution in [2.45, 2.75) is 38.1 Å².